The number of Topliss-reactive ketones (excluding diaryl/α,β-unsaturated/α-hetero) is 1. The molecule has 0 spiro atoms. The number of aromatic nitrogens is 4. The molecule has 7 nitrogen and oxygen atoms in total. The van der Waals surface area contributed by atoms with Gasteiger partial charge in [0.15, 0.2) is 17.3 Å². The maximum Gasteiger partial charge on any atom is 0.228 e. The van der Waals surface area contributed by atoms with E-state index in [0.29, 0.717) is 52.8 Å². The van der Waals surface area contributed by atoms with Crippen molar-refractivity contribution in [1.29, 1.82) is 0 Å². The maximum absolute atomic E-state index is 12.9. The first kappa shape index (κ1) is 17.1. The number of carbonyl (C=O) groups excluding carboxylic acids is 1. The third-order valence-electron chi connectivity index (χ3n) is 5.81. The Labute approximate surface area is 172 Å². The normalized spacial score (nSPS) is 18.3. The van der Waals surface area contributed by atoms with Crippen LogP contribution < -0.4 is 4.74 Å². The van der Waals surface area contributed by atoms with Crippen molar-refractivity contribution in [2.75, 3.05) is 0 Å². The predicted molar refractivity (Wildman–Crippen MR) is 108 cm³/mol. The molecule has 7 heteroatoms. The first-order valence-electron chi connectivity index (χ1n) is 9.99. The fourth-order valence-corrected chi connectivity index (χ4v) is 4.39. The number of rotatable bonds is 2. The summed E-state index contributed by atoms with van der Waals surface area (Å²) >= 11 is 0. The maximum atomic E-state index is 12.9. The van der Waals surface area contributed by atoms with Gasteiger partial charge in [0.1, 0.15) is 17.8 Å². The van der Waals surface area contributed by atoms with E-state index in [9.17, 15) is 4.79 Å². The van der Waals surface area contributed by atoms with Gasteiger partial charge >= 0.3 is 0 Å². The van der Waals surface area contributed by atoms with Crippen molar-refractivity contribution in [2.24, 2.45) is 0 Å². The summed E-state index contributed by atoms with van der Waals surface area (Å²) in [7, 11) is 0. The summed E-state index contributed by atoms with van der Waals surface area (Å²) in [4.78, 5) is 22.2. The molecular weight excluding hydrogens is 380 g/mol. The quantitative estimate of drug-likeness (QED) is 0.503. The SMILES string of the molecule is Cc1ccccc1-c1nc2c3c(ncn2n1)OC1=C(C(=O)CCC1)C3c1ccco1. The second kappa shape index (κ2) is 6.38. The largest absolute Gasteiger partial charge is 0.468 e. The topological polar surface area (TPSA) is 82.5 Å². The Hall–Kier alpha value is -3.74. The van der Waals surface area contributed by atoms with Crippen LogP contribution in [-0.2, 0) is 4.79 Å². The third kappa shape index (κ3) is 2.45. The number of hydrogen-bond donors (Lipinski definition) is 0. The zero-order valence-electron chi connectivity index (χ0n) is 16.3. The van der Waals surface area contributed by atoms with Crippen molar-refractivity contribution < 1.29 is 13.9 Å². The summed E-state index contributed by atoms with van der Waals surface area (Å²) in [5.74, 6) is 2.12. The Kier molecular flexibility index (Phi) is 3.65. The molecule has 0 saturated heterocycles. The minimum Gasteiger partial charge on any atom is -0.468 e. The van der Waals surface area contributed by atoms with Crippen LogP contribution in [0.5, 0.6) is 5.88 Å². The highest BCUT2D eigenvalue weighted by Crippen LogP contribution is 2.47. The molecule has 1 aromatic carbocycles. The molecule has 0 bridgehead atoms. The van der Waals surface area contributed by atoms with Crippen molar-refractivity contribution >= 4 is 11.4 Å². The lowest BCUT2D eigenvalue weighted by Gasteiger charge is -2.30. The summed E-state index contributed by atoms with van der Waals surface area (Å²) in [6, 6.07) is 11.7. The highest BCUT2D eigenvalue weighted by molar-refractivity contribution is 5.99. The number of carbonyl (C=O) groups is 1. The summed E-state index contributed by atoms with van der Waals surface area (Å²) in [6.45, 7) is 2.03. The van der Waals surface area contributed by atoms with Gasteiger partial charge in [0.25, 0.3) is 0 Å². The molecule has 6 rings (SSSR count). The summed E-state index contributed by atoms with van der Waals surface area (Å²) in [5.41, 5.74) is 4.02. The molecule has 30 heavy (non-hydrogen) atoms. The molecule has 1 aliphatic carbocycles. The van der Waals surface area contributed by atoms with E-state index in [-0.39, 0.29) is 5.78 Å². The van der Waals surface area contributed by atoms with Gasteiger partial charge in [0.05, 0.1) is 17.7 Å². The lowest BCUT2D eigenvalue weighted by Crippen LogP contribution is -2.26. The zero-order valence-corrected chi connectivity index (χ0v) is 16.3. The number of benzene rings is 1. The second-order valence-corrected chi connectivity index (χ2v) is 7.65. The predicted octanol–water partition coefficient (Wildman–Crippen LogP) is 4.22. The standard InChI is InChI=1S/C23H18N4O3/c1-13-6-2-3-7-14(13)21-25-22-20-19(16-10-5-11-29-16)18-15(28)8-4-9-17(18)30-23(20)24-12-27(22)26-21/h2-3,5-7,10-12,19H,4,8-9H2,1H3. The minimum absolute atomic E-state index is 0.0870. The van der Waals surface area contributed by atoms with Crippen LogP contribution in [0.2, 0.25) is 0 Å². The second-order valence-electron chi connectivity index (χ2n) is 7.65. The first-order chi connectivity index (χ1) is 14.7. The van der Waals surface area contributed by atoms with Crippen LogP contribution >= 0.6 is 0 Å². The van der Waals surface area contributed by atoms with Gasteiger partial charge in [-0.3, -0.25) is 4.79 Å². The summed E-state index contributed by atoms with van der Waals surface area (Å²) in [6.07, 6.45) is 5.23. The molecule has 2 aliphatic rings. The number of ketones is 1. The Balaban J connectivity index is 1.62. The molecule has 0 radical (unpaired) electrons. The average molecular weight is 398 g/mol. The molecule has 0 N–H and O–H groups in total. The van der Waals surface area contributed by atoms with E-state index in [4.69, 9.17) is 14.1 Å². The van der Waals surface area contributed by atoms with Crippen LogP contribution in [0.15, 0.2) is 64.7 Å². The van der Waals surface area contributed by atoms with Gasteiger partial charge in [-0.15, -0.1) is 5.10 Å². The number of hydrogen-bond acceptors (Lipinski definition) is 6. The van der Waals surface area contributed by atoms with Gasteiger partial charge in [-0.2, -0.15) is 0 Å². The summed E-state index contributed by atoms with van der Waals surface area (Å²) < 4.78 is 13.5. The fraction of sp³-hybridized carbons (Fsp3) is 0.217. The minimum atomic E-state index is -0.406. The van der Waals surface area contributed by atoms with Crippen LogP contribution in [0, 0.1) is 6.92 Å². The molecule has 1 atom stereocenters. The number of fused-ring (bicyclic) bond motifs is 3. The lowest BCUT2D eigenvalue weighted by molar-refractivity contribution is -0.116. The number of nitrogens with zero attached hydrogens (tertiary/aromatic N) is 4. The van der Waals surface area contributed by atoms with Crippen LogP contribution in [0.4, 0.5) is 0 Å². The fourth-order valence-electron chi connectivity index (χ4n) is 4.39. The molecule has 4 aromatic rings. The van der Waals surface area contributed by atoms with Crippen molar-refractivity contribution in [1.82, 2.24) is 19.6 Å². The van der Waals surface area contributed by atoms with Crippen LogP contribution in [0.25, 0.3) is 17.0 Å². The van der Waals surface area contributed by atoms with Crippen molar-refractivity contribution in [3.8, 4) is 17.3 Å². The number of ether oxygens (including phenoxy) is 1. The Morgan fingerprint density at radius 2 is 2.03 bits per heavy atom. The van der Waals surface area contributed by atoms with Gasteiger partial charge < -0.3 is 9.15 Å². The molecule has 4 heterocycles. The van der Waals surface area contributed by atoms with Gasteiger partial charge in [-0.05, 0) is 31.0 Å². The average Bonchev–Trinajstić information content (AvgIpc) is 3.42. The molecule has 0 saturated carbocycles. The van der Waals surface area contributed by atoms with E-state index in [1.165, 1.54) is 0 Å². The van der Waals surface area contributed by atoms with Crippen molar-refractivity contribution in [3.05, 3.63) is 77.2 Å². The molecule has 0 amide bonds. The van der Waals surface area contributed by atoms with Gasteiger partial charge in [0.2, 0.25) is 5.88 Å². The molecule has 148 valence electrons. The molecule has 1 unspecified atom stereocenters. The zero-order chi connectivity index (χ0) is 20.2. The van der Waals surface area contributed by atoms with Gasteiger partial charge in [-0.25, -0.2) is 14.5 Å². The van der Waals surface area contributed by atoms with E-state index < -0.39 is 5.92 Å². The lowest BCUT2D eigenvalue weighted by atomic mass is 9.80. The molecule has 0 fully saturated rings. The van der Waals surface area contributed by atoms with E-state index in [0.717, 1.165) is 17.5 Å². The number of allylic oxidation sites excluding steroid dienone is 2. The summed E-state index contributed by atoms with van der Waals surface area (Å²) in [5, 5.41) is 4.65. The Bertz CT molecular complexity index is 1330. The highest BCUT2D eigenvalue weighted by atomic mass is 16.5. The van der Waals surface area contributed by atoms with E-state index in [2.05, 4.69) is 10.1 Å². The van der Waals surface area contributed by atoms with E-state index in [1.54, 1.807) is 17.1 Å². The van der Waals surface area contributed by atoms with E-state index in [1.807, 2.05) is 43.3 Å². The van der Waals surface area contributed by atoms with Crippen LogP contribution in [-0.4, -0.2) is 25.4 Å². The van der Waals surface area contributed by atoms with E-state index >= 15 is 0 Å². The number of furan rings is 1. The third-order valence-corrected chi connectivity index (χ3v) is 5.81. The Morgan fingerprint density at radius 3 is 2.87 bits per heavy atom. The van der Waals surface area contributed by atoms with Crippen molar-refractivity contribution in [3.63, 3.8) is 0 Å². The smallest absolute Gasteiger partial charge is 0.228 e. The molecule has 1 aliphatic heterocycles. The van der Waals surface area contributed by atoms with Gasteiger partial charge in [-0.1, -0.05) is 24.3 Å². The van der Waals surface area contributed by atoms with Crippen molar-refractivity contribution in [2.45, 2.75) is 32.1 Å². The van der Waals surface area contributed by atoms with Crippen LogP contribution in [0.1, 0.15) is 42.1 Å². The molecular formula is C23H18N4O3. The van der Waals surface area contributed by atoms with Gasteiger partial charge in [0, 0.05) is 24.0 Å². The molecule has 3 aromatic heterocycles. The first-order valence-corrected chi connectivity index (χ1v) is 9.99. The van der Waals surface area contributed by atoms with Crippen LogP contribution in [0.3, 0.4) is 0 Å². The Morgan fingerprint density at radius 1 is 1.13 bits per heavy atom. The number of aryl methyl sites for hydroxylation is 1. The monoisotopic (exact) mass is 398 g/mol. The highest BCUT2D eigenvalue weighted by Gasteiger charge is 2.40.